The standard InChI is InChI=1S/C25H17N2O.C11H8N.Ir/c1-17-8-9-21(16-27-17)25-15-22-14-19(10-11-24(22)28-25)18-5-4-6-20(13-18)23-7-2-3-12-26-23;1-2-6-10(7-3-1)11-8-4-5-9-12-11;/h2-5,7-16H,1H3;1-6,8-9H;/q2*-1;. The van der Waals surface area contributed by atoms with Gasteiger partial charge in [-0.25, -0.2) is 0 Å². The van der Waals surface area contributed by atoms with Crippen LogP contribution in [0.1, 0.15) is 5.69 Å². The van der Waals surface area contributed by atoms with E-state index in [1.165, 1.54) is 0 Å². The quantitative estimate of drug-likeness (QED) is 0.172. The van der Waals surface area contributed by atoms with Gasteiger partial charge in [-0.05, 0) is 66.3 Å². The molecule has 0 saturated carbocycles. The minimum absolute atomic E-state index is 0. The third-order valence-corrected chi connectivity index (χ3v) is 6.44. The van der Waals surface area contributed by atoms with Crippen molar-refractivity contribution in [1.29, 1.82) is 0 Å². The van der Waals surface area contributed by atoms with Crippen molar-refractivity contribution >= 4 is 11.0 Å². The summed E-state index contributed by atoms with van der Waals surface area (Å²) in [7, 11) is 0. The molecule has 0 fully saturated rings. The van der Waals surface area contributed by atoms with Crippen LogP contribution in [0.3, 0.4) is 0 Å². The topological polar surface area (TPSA) is 51.8 Å². The van der Waals surface area contributed by atoms with Crippen LogP contribution >= 0.6 is 0 Å². The Morgan fingerprint density at radius 1 is 0.585 bits per heavy atom. The average Bonchev–Trinajstić information content (AvgIpc) is 3.47. The molecule has 7 aromatic rings. The van der Waals surface area contributed by atoms with Gasteiger partial charge in [0.15, 0.2) is 0 Å². The van der Waals surface area contributed by atoms with E-state index in [0.717, 1.165) is 61.6 Å². The Morgan fingerprint density at radius 2 is 1.29 bits per heavy atom. The number of nitrogens with zero attached hydrogens (tertiary/aromatic N) is 3. The Hall–Kier alpha value is -4.70. The van der Waals surface area contributed by atoms with E-state index in [2.05, 4.69) is 57.4 Å². The molecule has 41 heavy (non-hydrogen) atoms. The first kappa shape index (κ1) is 27.9. The predicted octanol–water partition coefficient (Wildman–Crippen LogP) is 8.88. The zero-order chi connectivity index (χ0) is 27.1. The molecule has 0 aliphatic rings. The van der Waals surface area contributed by atoms with E-state index in [1.807, 2.05) is 98.0 Å². The number of furan rings is 1. The van der Waals surface area contributed by atoms with Crippen molar-refractivity contribution in [2.45, 2.75) is 6.92 Å². The molecule has 3 aromatic carbocycles. The van der Waals surface area contributed by atoms with Gasteiger partial charge < -0.3 is 14.4 Å². The fraction of sp³-hybridized carbons (Fsp3) is 0.0278. The van der Waals surface area contributed by atoms with Crippen molar-refractivity contribution < 1.29 is 24.5 Å². The van der Waals surface area contributed by atoms with Crippen LogP contribution in [-0.4, -0.2) is 15.0 Å². The molecule has 0 unspecified atom stereocenters. The maximum atomic E-state index is 6.02. The van der Waals surface area contributed by atoms with Crippen LogP contribution < -0.4 is 0 Å². The second kappa shape index (κ2) is 13.1. The fourth-order valence-corrected chi connectivity index (χ4v) is 4.37. The summed E-state index contributed by atoms with van der Waals surface area (Å²) in [6, 6.07) is 44.5. The minimum atomic E-state index is 0. The molecule has 7 rings (SSSR count). The second-order valence-electron chi connectivity index (χ2n) is 9.25. The number of rotatable bonds is 4. The van der Waals surface area contributed by atoms with Crippen molar-refractivity contribution in [1.82, 2.24) is 15.0 Å². The maximum Gasteiger partial charge on any atom is 0.136 e. The molecular weight excluding hydrogens is 683 g/mol. The summed E-state index contributed by atoms with van der Waals surface area (Å²) in [6.45, 7) is 1.98. The molecule has 1 radical (unpaired) electrons. The van der Waals surface area contributed by atoms with Crippen molar-refractivity contribution in [3.63, 3.8) is 0 Å². The molecule has 0 N–H and O–H groups in total. The van der Waals surface area contributed by atoms with Crippen molar-refractivity contribution in [2.24, 2.45) is 0 Å². The zero-order valence-corrected chi connectivity index (χ0v) is 24.7. The Kier molecular flexibility index (Phi) is 8.90. The summed E-state index contributed by atoms with van der Waals surface area (Å²) >= 11 is 0. The van der Waals surface area contributed by atoms with Crippen LogP contribution in [0.2, 0.25) is 0 Å². The van der Waals surface area contributed by atoms with E-state index in [4.69, 9.17) is 4.42 Å². The Morgan fingerprint density at radius 3 is 1.98 bits per heavy atom. The molecule has 0 spiro atoms. The molecule has 4 aromatic heterocycles. The van der Waals surface area contributed by atoms with Gasteiger partial charge in [0, 0.05) is 55.3 Å². The molecule has 0 saturated heterocycles. The maximum absolute atomic E-state index is 6.02. The van der Waals surface area contributed by atoms with Crippen molar-refractivity contribution in [2.75, 3.05) is 0 Å². The van der Waals surface area contributed by atoms with Crippen LogP contribution in [0.15, 0.2) is 138 Å². The van der Waals surface area contributed by atoms with E-state index in [-0.39, 0.29) is 20.1 Å². The number of fused-ring (bicyclic) bond motifs is 1. The number of hydrogen-bond donors (Lipinski definition) is 0. The SMILES string of the molecule is Cc1ccc(-c2cc3cc(-c4cc[c-]c(-c5ccccn5)c4)ccc3o2)cn1.[Ir].[c-]1ccccc1-c1ccccn1. The van der Waals surface area contributed by atoms with Gasteiger partial charge in [0.2, 0.25) is 0 Å². The molecule has 0 aliphatic heterocycles. The van der Waals surface area contributed by atoms with Gasteiger partial charge in [0.1, 0.15) is 11.3 Å². The summed E-state index contributed by atoms with van der Waals surface area (Å²) in [5.74, 6) is 0.829. The van der Waals surface area contributed by atoms with Crippen LogP contribution in [0.4, 0.5) is 0 Å². The summed E-state index contributed by atoms with van der Waals surface area (Å²) in [4.78, 5) is 13.0. The van der Waals surface area contributed by atoms with E-state index >= 15 is 0 Å². The Bertz CT molecular complexity index is 1800. The van der Waals surface area contributed by atoms with Crippen LogP contribution in [-0.2, 0) is 20.1 Å². The summed E-state index contributed by atoms with van der Waals surface area (Å²) in [6.07, 6.45) is 5.44. The monoisotopic (exact) mass is 708 g/mol. The van der Waals surface area contributed by atoms with Gasteiger partial charge in [0.25, 0.3) is 0 Å². The van der Waals surface area contributed by atoms with Gasteiger partial charge in [-0.1, -0.05) is 30.3 Å². The average molecular weight is 708 g/mol. The predicted molar refractivity (Wildman–Crippen MR) is 160 cm³/mol. The minimum Gasteiger partial charge on any atom is -0.456 e. The fourth-order valence-electron chi connectivity index (χ4n) is 4.37. The smallest absolute Gasteiger partial charge is 0.136 e. The number of pyridine rings is 3. The van der Waals surface area contributed by atoms with Crippen molar-refractivity contribution in [3.8, 4) is 45.0 Å². The van der Waals surface area contributed by atoms with E-state index in [0.29, 0.717) is 0 Å². The molecule has 0 atom stereocenters. The van der Waals surface area contributed by atoms with Crippen molar-refractivity contribution in [3.05, 3.63) is 152 Å². The molecule has 4 heterocycles. The van der Waals surface area contributed by atoms with Gasteiger partial charge >= 0.3 is 0 Å². The second-order valence-corrected chi connectivity index (χ2v) is 9.25. The summed E-state index contributed by atoms with van der Waals surface area (Å²) < 4.78 is 6.02. The Balaban J connectivity index is 0.000000218. The van der Waals surface area contributed by atoms with Crippen LogP contribution in [0, 0.1) is 19.1 Å². The molecule has 0 amide bonds. The van der Waals surface area contributed by atoms with Gasteiger partial charge in [-0.2, -0.15) is 0 Å². The third-order valence-electron chi connectivity index (χ3n) is 6.44. The van der Waals surface area contributed by atoms with Gasteiger partial charge in [0.05, 0.1) is 0 Å². The number of aryl methyl sites for hydroxylation is 1. The van der Waals surface area contributed by atoms with Gasteiger partial charge in [-0.15, -0.1) is 71.3 Å². The number of aromatic nitrogens is 3. The van der Waals surface area contributed by atoms with E-state index in [9.17, 15) is 0 Å². The van der Waals surface area contributed by atoms with E-state index < -0.39 is 0 Å². The molecule has 0 bridgehead atoms. The third kappa shape index (κ3) is 6.72. The number of hydrogen-bond acceptors (Lipinski definition) is 4. The molecule has 4 nitrogen and oxygen atoms in total. The van der Waals surface area contributed by atoms with E-state index in [1.54, 1.807) is 12.4 Å². The number of benzene rings is 3. The Labute approximate surface area is 253 Å². The first-order chi connectivity index (χ1) is 19.7. The largest absolute Gasteiger partial charge is 0.456 e. The summed E-state index contributed by atoms with van der Waals surface area (Å²) in [5, 5.41) is 1.07. The normalized spacial score (nSPS) is 10.4. The first-order valence-corrected chi connectivity index (χ1v) is 13.0. The molecule has 5 heteroatoms. The summed E-state index contributed by atoms with van der Waals surface area (Å²) in [5.41, 5.74) is 9.01. The van der Waals surface area contributed by atoms with Gasteiger partial charge in [-0.3, -0.25) is 4.98 Å². The first-order valence-electron chi connectivity index (χ1n) is 13.0. The zero-order valence-electron chi connectivity index (χ0n) is 22.3. The van der Waals surface area contributed by atoms with Crippen LogP contribution in [0.25, 0.3) is 55.9 Å². The molecule has 201 valence electrons. The molecule has 0 aliphatic carbocycles. The molecular formula is C36H25IrN3O-2. The van der Waals surface area contributed by atoms with Crippen LogP contribution in [0.5, 0.6) is 0 Å².